The van der Waals surface area contributed by atoms with Crippen molar-refractivity contribution in [1.29, 1.82) is 5.26 Å². The highest BCUT2D eigenvalue weighted by atomic mass is 19.1. The quantitative estimate of drug-likeness (QED) is 0.560. The summed E-state index contributed by atoms with van der Waals surface area (Å²) >= 11 is 0. The highest BCUT2D eigenvalue weighted by molar-refractivity contribution is 5.54. The molecule has 1 nitrogen and oxygen atoms in total. The van der Waals surface area contributed by atoms with Gasteiger partial charge >= 0.3 is 0 Å². The lowest BCUT2D eigenvalue weighted by molar-refractivity contribution is 0.679. The van der Waals surface area contributed by atoms with Crippen LogP contribution in [0.5, 0.6) is 0 Å². The molecule has 0 saturated carbocycles. The van der Waals surface area contributed by atoms with Gasteiger partial charge in [0.2, 0.25) is 5.83 Å². The van der Waals surface area contributed by atoms with Crippen LogP contribution in [0.15, 0.2) is 36.2 Å². The number of hydrogen-bond acceptors (Lipinski definition) is 1. The van der Waals surface area contributed by atoms with Gasteiger partial charge in [-0.1, -0.05) is 30.3 Å². The second kappa shape index (κ2) is 3.52. The summed E-state index contributed by atoms with van der Waals surface area (Å²) in [6, 6.07) is 10.3. The second-order valence-electron chi connectivity index (χ2n) is 2.01. The fraction of sp³-hybridized carbons (Fsp3) is 0. The van der Waals surface area contributed by atoms with E-state index in [1.165, 1.54) is 12.1 Å². The largest absolute Gasteiger partial charge is 0.200 e. The molecule has 0 saturated heterocycles. The van der Waals surface area contributed by atoms with Crippen molar-refractivity contribution in [3.05, 3.63) is 41.7 Å². The molecule has 1 rings (SSSR count). The van der Waals surface area contributed by atoms with Crippen LogP contribution in [0.4, 0.5) is 4.39 Å². The first-order valence-corrected chi connectivity index (χ1v) is 3.15. The Morgan fingerprint density at radius 2 is 2.00 bits per heavy atom. The smallest absolute Gasteiger partial charge is 0.195 e. The van der Waals surface area contributed by atoms with E-state index in [0.717, 1.165) is 0 Å². The van der Waals surface area contributed by atoms with E-state index in [1.54, 1.807) is 24.3 Å². The van der Waals surface area contributed by atoms with E-state index in [1.807, 2.05) is 6.07 Å². The van der Waals surface area contributed by atoms with Gasteiger partial charge in [-0.15, -0.1) is 0 Å². The third kappa shape index (κ3) is 2.23. The van der Waals surface area contributed by atoms with Crippen LogP contribution in [0.25, 0.3) is 6.08 Å². The van der Waals surface area contributed by atoms with Crippen molar-refractivity contribution in [1.82, 2.24) is 0 Å². The molecule has 1 aromatic carbocycles. The van der Waals surface area contributed by atoms with Gasteiger partial charge in [0.05, 0.1) is 0 Å². The van der Waals surface area contributed by atoms with Crippen molar-refractivity contribution < 1.29 is 4.39 Å². The van der Waals surface area contributed by atoms with E-state index >= 15 is 0 Å². The van der Waals surface area contributed by atoms with Gasteiger partial charge in [-0.3, -0.25) is 0 Å². The van der Waals surface area contributed by atoms with Gasteiger partial charge in [0.1, 0.15) is 6.07 Å². The van der Waals surface area contributed by atoms with Crippen LogP contribution in [0.2, 0.25) is 0 Å². The van der Waals surface area contributed by atoms with Crippen molar-refractivity contribution in [3.8, 4) is 6.07 Å². The van der Waals surface area contributed by atoms with Gasteiger partial charge in [-0.2, -0.15) is 9.65 Å². The molecule has 0 spiro atoms. The maximum absolute atomic E-state index is 12.3. The lowest BCUT2D eigenvalue weighted by Crippen LogP contribution is -1.70. The molecule has 54 valence electrons. The topological polar surface area (TPSA) is 23.8 Å². The van der Waals surface area contributed by atoms with Crippen LogP contribution in [-0.2, 0) is 0 Å². The summed E-state index contributed by atoms with van der Waals surface area (Å²) in [7, 11) is 0. The van der Waals surface area contributed by atoms with E-state index in [2.05, 4.69) is 0 Å². The number of benzene rings is 1. The molecule has 0 amide bonds. The predicted octanol–water partition coefficient (Wildman–Crippen LogP) is 2.52. The van der Waals surface area contributed by atoms with Gasteiger partial charge in [0.25, 0.3) is 0 Å². The van der Waals surface area contributed by atoms with Crippen molar-refractivity contribution >= 4 is 6.08 Å². The third-order valence-electron chi connectivity index (χ3n) is 1.20. The molecule has 0 aromatic heterocycles. The molecule has 11 heavy (non-hydrogen) atoms. The molecule has 0 N–H and O–H groups in total. The van der Waals surface area contributed by atoms with Crippen molar-refractivity contribution in [2.75, 3.05) is 0 Å². The van der Waals surface area contributed by atoms with Crippen LogP contribution < -0.4 is 0 Å². The van der Waals surface area contributed by atoms with E-state index < -0.39 is 5.83 Å². The zero-order valence-corrected chi connectivity index (χ0v) is 5.79. The van der Waals surface area contributed by atoms with Crippen molar-refractivity contribution in [3.63, 3.8) is 0 Å². The van der Waals surface area contributed by atoms with Crippen LogP contribution in [-0.4, -0.2) is 0 Å². The third-order valence-corrected chi connectivity index (χ3v) is 1.20. The molecule has 1 aromatic rings. The Kier molecular flexibility index (Phi) is 2.40. The average Bonchev–Trinajstić information content (AvgIpc) is 2.06. The Labute approximate surface area is 64.4 Å². The van der Waals surface area contributed by atoms with Gasteiger partial charge in [-0.25, -0.2) is 0 Å². The molecule has 0 bridgehead atoms. The zero-order chi connectivity index (χ0) is 8.10. The zero-order valence-electron chi connectivity index (χ0n) is 5.79. The summed E-state index contributed by atoms with van der Waals surface area (Å²) in [5, 5.41) is 8.10. The van der Waals surface area contributed by atoms with E-state index in [4.69, 9.17) is 5.26 Å². The first-order chi connectivity index (χ1) is 5.33. The molecule has 0 aliphatic carbocycles. The van der Waals surface area contributed by atoms with Gasteiger partial charge in [0, 0.05) is 0 Å². The first kappa shape index (κ1) is 7.49. The molecule has 0 atom stereocenters. The lowest BCUT2D eigenvalue weighted by Gasteiger charge is -1.88. The number of allylic oxidation sites excluding steroid dienone is 1. The summed E-state index contributed by atoms with van der Waals surface area (Å²) in [6.45, 7) is 0. The molecule has 0 heterocycles. The first-order valence-electron chi connectivity index (χ1n) is 3.15. The van der Waals surface area contributed by atoms with E-state index in [-0.39, 0.29) is 0 Å². The molecule has 0 radical (unpaired) electrons. The number of hydrogen-bond donors (Lipinski definition) is 0. The Morgan fingerprint density at radius 1 is 1.36 bits per heavy atom. The Hall–Kier alpha value is -1.62. The monoisotopic (exact) mass is 147 g/mol. The minimum Gasteiger partial charge on any atom is -0.195 e. The Morgan fingerprint density at radius 3 is 2.55 bits per heavy atom. The summed E-state index contributed by atoms with van der Waals surface area (Å²) in [5.41, 5.74) is 0.701. The van der Waals surface area contributed by atoms with Crippen molar-refractivity contribution in [2.24, 2.45) is 0 Å². The summed E-state index contributed by atoms with van der Waals surface area (Å²) in [4.78, 5) is 0. The SMILES string of the molecule is N#C/C(F)=C/c1ccccc1. The molecule has 0 aliphatic rings. The molecule has 2 heteroatoms. The minimum absolute atomic E-state index is 0.701. The van der Waals surface area contributed by atoms with Gasteiger partial charge in [0.15, 0.2) is 0 Å². The maximum Gasteiger partial charge on any atom is 0.200 e. The van der Waals surface area contributed by atoms with Crippen molar-refractivity contribution in [2.45, 2.75) is 0 Å². The van der Waals surface area contributed by atoms with E-state index in [0.29, 0.717) is 5.56 Å². The number of nitrogens with zero attached hydrogens (tertiary/aromatic N) is 1. The molecule has 0 unspecified atom stereocenters. The lowest BCUT2D eigenvalue weighted by atomic mass is 10.2. The fourth-order valence-electron chi connectivity index (χ4n) is 0.728. The number of nitriles is 1. The summed E-state index contributed by atoms with van der Waals surface area (Å²) in [5.74, 6) is -0.767. The maximum atomic E-state index is 12.3. The Balaban J connectivity index is 2.90. The average molecular weight is 147 g/mol. The Bertz CT molecular complexity index is 295. The normalized spacial score (nSPS) is 10.7. The number of rotatable bonds is 1. The predicted molar refractivity (Wildman–Crippen MR) is 41.1 cm³/mol. The minimum atomic E-state index is -0.767. The highest BCUT2D eigenvalue weighted by Gasteiger charge is 1.89. The van der Waals surface area contributed by atoms with Crippen LogP contribution in [0, 0.1) is 11.3 Å². The summed E-state index contributed by atoms with van der Waals surface area (Å²) < 4.78 is 12.3. The highest BCUT2D eigenvalue weighted by Crippen LogP contribution is 2.05. The van der Waals surface area contributed by atoms with E-state index in [9.17, 15) is 4.39 Å². The molecular formula is C9H6FN. The van der Waals surface area contributed by atoms with Crippen LogP contribution in [0.3, 0.4) is 0 Å². The molecule has 0 fully saturated rings. The summed E-state index contributed by atoms with van der Waals surface area (Å²) in [6.07, 6.45) is 1.19. The number of halogens is 1. The van der Waals surface area contributed by atoms with Crippen LogP contribution >= 0.6 is 0 Å². The molecular weight excluding hydrogens is 141 g/mol. The fourth-order valence-corrected chi connectivity index (χ4v) is 0.728. The second-order valence-corrected chi connectivity index (χ2v) is 2.01. The van der Waals surface area contributed by atoms with Gasteiger partial charge < -0.3 is 0 Å². The molecule has 0 aliphatic heterocycles. The standard InChI is InChI=1S/C9H6FN/c10-9(7-11)6-8-4-2-1-3-5-8/h1-6H/b9-6-. The van der Waals surface area contributed by atoms with Crippen LogP contribution in [0.1, 0.15) is 5.56 Å². The van der Waals surface area contributed by atoms with Gasteiger partial charge in [-0.05, 0) is 11.6 Å².